The molecule has 0 aliphatic carbocycles. The number of aliphatic carboxylic acids is 1. The van der Waals surface area contributed by atoms with Crippen LogP contribution < -0.4 is 9.47 Å². The number of ether oxygens (including phenoxy) is 2. The van der Waals surface area contributed by atoms with Gasteiger partial charge in [-0.2, -0.15) is 5.10 Å². The molecule has 0 aliphatic heterocycles. The van der Waals surface area contributed by atoms with Crippen LogP contribution in [0.5, 0.6) is 11.5 Å². The molecule has 3 rings (SSSR count). The lowest BCUT2D eigenvalue weighted by Crippen LogP contribution is -2.31. The van der Waals surface area contributed by atoms with Crippen LogP contribution >= 0.6 is 0 Å². The molecule has 2 heterocycles. The molecule has 28 heavy (non-hydrogen) atoms. The van der Waals surface area contributed by atoms with Crippen molar-refractivity contribution in [2.75, 3.05) is 27.8 Å². The van der Waals surface area contributed by atoms with Gasteiger partial charge < -0.3 is 19.5 Å². The van der Waals surface area contributed by atoms with Crippen LogP contribution in [0.25, 0.3) is 11.0 Å². The number of carbonyl (C=O) groups is 2. The molecule has 1 aromatic carbocycles. The fraction of sp³-hybridized carbons (Fsp3) is 0.263. The largest absolute Gasteiger partial charge is 0.497 e. The monoisotopic (exact) mass is 384 g/mol. The number of fused-ring (bicyclic) bond motifs is 1. The predicted molar refractivity (Wildman–Crippen MR) is 101 cm³/mol. The van der Waals surface area contributed by atoms with Crippen molar-refractivity contribution >= 4 is 22.9 Å². The van der Waals surface area contributed by atoms with Crippen LogP contribution in [0.2, 0.25) is 0 Å². The molecule has 1 N–H and O–H groups in total. The minimum Gasteiger partial charge on any atom is -0.497 e. The van der Waals surface area contributed by atoms with Crippen molar-refractivity contribution in [2.24, 2.45) is 0 Å². The van der Waals surface area contributed by atoms with Crippen molar-refractivity contribution in [3.8, 4) is 11.5 Å². The van der Waals surface area contributed by atoms with Crippen molar-refractivity contribution in [3.63, 3.8) is 0 Å². The fourth-order valence-corrected chi connectivity index (χ4v) is 2.84. The van der Waals surface area contributed by atoms with Crippen LogP contribution in [0, 0.1) is 0 Å². The Morgan fingerprint density at radius 1 is 1.18 bits per heavy atom. The summed E-state index contributed by atoms with van der Waals surface area (Å²) in [5.74, 6) is -0.129. The summed E-state index contributed by atoms with van der Waals surface area (Å²) in [5.41, 5.74) is 1.81. The normalized spacial score (nSPS) is 10.7. The van der Waals surface area contributed by atoms with Crippen LogP contribution in [-0.2, 0) is 11.3 Å². The number of methoxy groups -OCH3 is 2. The first-order chi connectivity index (χ1) is 13.4. The number of aromatic nitrogens is 3. The maximum atomic E-state index is 12.3. The Balaban J connectivity index is 1.87. The average molecular weight is 384 g/mol. The first-order valence-electron chi connectivity index (χ1n) is 8.42. The zero-order valence-electron chi connectivity index (χ0n) is 15.7. The van der Waals surface area contributed by atoms with Gasteiger partial charge in [0.1, 0.15) is 18.0 Å². The molecule has 0 bridgehead atoms. The summed E-state index contributed by atoms with van der Waals surface area (Å²) in [7, 11) is 4.61. The van der Waals surface area contributed by atoms with Crippen LogP contribution in [0.3, 0.4) is 0 Å². The van der Waals surface area contributed by atoms with E-state index in [1.807, 2.05) is 12.1 Å². The number of benzene rings is 1. The van der Waals surface area contributed by atoms with E-state index in [2.05, 4.69) is 10.1 Å². The van der Waals surface area contributed by atoms with Gasteiger partial charge in [-0.25, -0.2) is 9.67 Å². The van der Waals surface area contributed by atoms with Gasteiger partial charge in [0.05, 0.1) is 32.5 Å². The van der Waals surface area contributed by atoms with Gasteiger partial charge in [0.25, 0.3) is 5.91 Å². The first kappa shape index (κ1) is 19.2. The smallest absolute Gasteiger partial charge is 0.323 e. The molecule has 146 valence electrons. The van der Waals surface area contributed by atoms with Crippen molar-refractivity contribution in [1.29, 1.82) is 0 Å². The number of rotatable bonds is 7. The van der Waals surface area contributed by atoms with E-state index in [9.17, 15) is 9.59 Å². The van der Waals surface area contributed by atoms with E-state index in [0.29, 0.717) is 34.6 Å². The average Bonchev–Trinajstić information content (AvgIpc) is 3.09. The third-order valence-electron chi connectivity index (χ3n) is 4.26. The summed E-state index contributed by atoms with van der Waals surface area (Å²) in [6, 6.07) is 7.18. The Morgan fingerprint density at radius 3 is 2.64 bits per heavy atom. The van der Waals surface area contributed by atoms with Crippen LogP contribution in [0.15, 0.2) is 36.7 Å². The number of pyridine rings is 1. The SMILES string of the molecule is COc1ccc(Cn2ncc3cc(C(=O)N(C)CC(=O)O)cnc32)c(OC)c1. The van der Waals surface area contributed by atoms with Gasteiger partial charge in [-0.1, -0.05) is 0 Å². The number of carbonyl (C=O) groups excluding carboxylic acids is 1. The summed E-state index contributed by atoms with van der Waals surface area (Å²) in [5, 5.41) is 13.9. The maximum Gasteiger partial charge on any atom is 0.323 e. The Hall–Kier alpha value is -3.62. The minimum atomic E-state index is -1.08. The number of nitrogens with zero attached hydrogens (tertiary/aromatic N) is 4. The predicted octanol–water partition coefficient (Wildman–Crippen LogP) is 1.65. The van der Waals surface area contributed by atoms with E-state index >= 15 is 0 Å². The van der Waals surface area contributed by atoms with Crippen molar-refractivity contribution in [3.05, 3.63) is 47.8 Å². The van der Waals surface area contributed by atoms with E-state index in [1.54, 1.807) is 37.2 Å². The lowest BCUT2D eigenvalue weighted by atomic mass is 10.2. The molecule has 0 saturated carbocycles. The molecule has 0 unspecified atom stereocenters. The Bertz CT molecular complexity index is 1030. The van der Waals surface area contributed by atoms with Crippen molar-refractivity contribution < 1.29 is 24.2 Å². The zero-order chi connectivity index (χ0) is 20.3. The van der Waals surface area contributed by atoms with Crippen LogP contribution in [0.1, 0.15) is 15.9 Å². The van der Waals surface area contributed by atoms with E-state index in [0.717, 1.165) is 10.5 Å². The van der Waals surface area contributed by atoms with E-state index in [4.69, 9.17) is 14.6 Å². The van der Waals surface area contributed by atoms with Crippen molar-refractivity contribution in [2.45, 2.75) is 6.54 Å². The van der Waals surface area contributed by atoms with Crippen LogP contribution in [0.4, 0.5) is 0 Å². The first-order valence-corrected chi connectivity index (χ1v) is 8.42. The van der Waals surface area contributed by atoms with Gasteiger partial charge in [-0.3, -0.25) is 9.59 Å². The molecule has 9 nitrogen and oxygen atoms in total. The van der Waals surface area contributed by atoms with E-state index in [-0.39, 0.29) is 6.54 Å². The lowest BCUT2D eigenvalue weighted by molar-refractivity contribution is -0.137. The van der Waals surface area contributed by atoms with E-state index < -0.39 is 11.9 Å². The maximum absolute atomic E-state index is 12.3. The van der Waals surface area contributed by atoms with Gasteiger partial charge >= 0.3 is 5.97 Å². The second kappa shape index (κ2) is 7.95. The molecule has 1 amide bonds. The highest BCUT2D eigenvalue weighted by Crippen LogP contribution is 2.26. The van der Waals surface area contributed by atoms with Gasteiger partial charge in [0.15, 0.2) is 5.65 Å². The third-order valence-corrected chi connectivity index (χ3v) is 4.26. The molecule has 9 heteroatoms. The summed E-state index contributed by atoms with van der Waals surface area (Å²) in [4.78, 5) is 28.6. The Kier molecular flexibility index (Phi) is 5.44. The topological polar surface area (TPSA) is 107 Å². The number of carboxylic acid groups (broad SMARTS) is 1. The van der Waals surface area contributed by atoms with Gasteiger partial charge in [0, 0.05) is 30.3 Å². The molecule has 0 atom stereocenters. The summed E-state index contributed by atoms with van der Waals surface area (Å²) in [6.07, 6.45) is 3.04. The second-order valence-corrected chi connectivity index (χ2v) is 6.17. The zero-order valence-corrected chi connectivity index (χ0v) is 15.7. The van der Waals surface area contributed by atoms with Gasteiger partial charge in [0.2, 0.25) is 0 Å². The van der Waals surface area contributed by atoms with E-state index in [1.165, 1.54) is 13.2 Å². The molecule has 2 aromatic heterocycles. The number of hydrogen-bond acceptors (Lipinski definition) is 6. The standard InChI is InChI=1S/C19H20N4O5/c1-22(11-17(24)25)19(26)14-6-13-9-21-23(18(13)20-8-14)10-12-4-5-15(27-2)7-16(12)28-3/h4-9H,10-11H2,1-3H3,(H,24,25). The summed E-state index contributed by atoms with van der Waals surface area (Å²) >= 11 is 0. The van der Waals surface area contributed by atoms with Gasteiger partial charge in [-0.05, 0) is 18.2 Å². The fourth-order valence-electron chi connectivity index (χ4n) is 2.84. The van der Waals surface area contributed by atoms with Crippen LogP contribution in [-0.4, -0.2) is 64.5 Å². The molecule has 0 saturated heterocycles. The Morgan fingerprint density at radius 2 is 1.96 bits per heavy atom. The number of amides is 1. The molecule has 0 aliphatic rings. The number of likely N-dealkylation sites (N-methyl/N-ethyl adjacent to an activating group) is 1. The lowest BCUT2D eigenvalue weighted by Gasteiger charge is -2.14. The second-order valence-electron chi connectivity index (χ2n) is 6.17. The molecule has 0 radical (unpaired) electrons. The quantitative estimate of drug-likeness (QED) is 0.660. The van der Waals surface area contributed by atoms with Gasteiger partial charge in [-0.15, -0.1) is 0 Å². The molecule has 0 fully saturated rings. The third kappa shape index (κ3) is 3.88. The molecular formula is C19H20N4O5. The summed E-state index contributed by atoms with van der Waals surface area (Å²) < 4.78 is 12.3. The highest BCUT2D eigenvalue weighted by molar-refractivity contribution is 5.97. The minimum absolute atomic E-state index is 0.304. The molecular weight excluding hydrogens is 364 g/mol. The number of carboxylic acids is 1. The number of hydrogen-bond donors (Lipinski definition) is 1. The molecule has 0 spiro atoms. The van der Waals surface area contributed by atoms with Crippen molar-refractivity contribution in [1.82, 2.24) is 19.7 Å². The molecule has 3 aromatic rings. The highest BCUT2D eigenvalue weighted by atomic mass is 16.5. The summed E-state index contributed by atoms with van der Waals surface area (Å²) in [6.45, 7) is 0.0449. The highest BCUT2D eigenvalue weighted by Gasteiger charge is 2.17. The Labute approximate surface area is 161 Å².